The van der Waals surface area contributed by atoms with Crippen molar-refractivity contribution in [2.45, 2.75) is 367 Å². The van der Waals surface area contributed by atoms with E-state index in [0.29, 0.717) is 19.3 Å². The van der Waals surface area contributed by atoms with Crippen LogP contribution in [0.4, 0.5) is 0 Å². The quantitative estimate of drug-likeness (QED) is 0.0261. The first-order valence-corrected chi connectivity index (χ1v) is 34.9. The van der Waals surface area contributed by atoms with Crippen molar-refractivity contribution < 1.29 is 28.6 Å². The summed E-state index contributed by atoms with van der Waals surface area (Å²) in [6.07, 6.45) is 89.4. The molecule has 80 heavy (non-hydrogen) atoms. The van der Waals surface area contributed by atoms with Crippen LogP contribution in [0.25, 0.3) is 0 Å². The number of ether oxygens (including phenoxy) is 3. The number of esters is 3. The highest BCUT2D eigenvalue weighted by Gasteiger charge is 2.19. The van der Waals surface area contributed by atoms with Gasteiger partial charge in [0.15, 0.2) is 6.10 Å². The Bertz CT molecular complexity index is 1470. The fourth-order valence-corrected chi connectivity index (χ4v) is 10.2. The van der Waals surface area contributed by atoms with E-state index in [1.165, 1.54) is 231 Å². The molecule has 0 rings (SSSR count). The van der Waals surface area contributed by atoms with E-state index in [-0.39, 0.29) is 31.1 Å². The maximum Gasteiger partial charge on any atom is 0.306 e. The highest BCUT2D eigenvalue weighted by Crippen LogP contribution is 2.18. The molecule has 0 bridgehead atoms. The minimum absolute atomic E-state index is 0.0700. The summed E-state index contributed by atoms with van der Waals surface area (Å²) in [5.74, 6) is -0.852. The molecule has 0 fully saturated rings. The highest BCUT2D eigenvalue weighted by molar-refractivity contribution is 5.71. The zero-order valence-electron chi connectivity index (χ0n) is 53.3. The van der Waals surface area contributed by atoms with Crippen LogP contribution in [0.1, 0.15) is 361 Å². The third-order valence-corrected chi connectivity index (χ3v) is 15.4. The number of hydrogen-bond donors (Lipinski definition) is 0. The molecule has 1 unspecified atom stereocenters. The largest absolute Gasteiger partial charge is 0.462 e. The minimum atomic E-state index is -0.772. The van der Waals surface area contributed by atoms with Gasteiger partial charge in [-0.2, -0.15) is 0 Å². The van der Waals surface area contributed by atoms with Crippen molar-refractivity contribution in [3.05, 3.63) is 72.9 Å². The predicted octanol–water partition coefficient (Wildman–Crippen LogP) is 24.1. The molecule has 0 saturated heterocycles. The second-order valence-corrected chi connectivity index (χ2v) is 23.4. The van der Waals surface area contributed by atoms with E-state index in [9.17, 15) is 14.4 Å². The van der Waals surface area contributed by atoms with Crippen LogP contribution in [0.3, 0.4) is 0 Å². The number of hydrogen-bond acceptors (Lipinski definition) is 6. The van der Waals surface area contributed by atoms with Gasteiger partial charge in [0.25, 0.3) is 0 Å². The molecule has 0 saturated carbocycles. The summed E-state index contributed by atoms with van der Waals surface area (Å²) in [5.41, 5.74) is 0. The Labute approximate surface area is 497 Å². The van der Waals surface area contributed by atoms with Crippen molar-refractivity contribution in [2.75, 3.05) is 13.2 Å². The fourth-order valence-electron chi connectivity index (χ4n) is 10.2. The van der Waals surface area contributed by atoms with Gasteiger partial charge in [-0.25, -0.2) is 0 Å². The monoisotopic (exact) mass is 1120 g/mol. The fraction of sp³-hybridized carbons (Fsp3) is 0.797. The number of allylic oxidation sites excluding steroid dienone is 12. The molecule has 0 aromatic carbocycles. The van der Waals surface area contributed by atoms with Crippen LogP contribution in [0.5, 0.6) is 0 Å². The first kappa shape index (κ1) is 76.9. The van der Waals surface area contributed by atoms with Crippen LogP contribution in [-0.4, -0.2) is 37.2 Å². The van der Waals surface area contributed by atoms with Crippen molar-refractivity contribution in [1.29, 1.82) is 0 Å². The standard InChI is InChI=1S/C74H132O6/c1-4-7-10-13-16-19-22-24-26-28-30-31-32-33-34-35-36-37-38-39-40-41-42-43-45-46-48-50-52-55-58-61-64-67-73(76)79-70-71(69-78-72(75)66-63-60-57-54-21-18-15-12-9-6-3)80-74(77)68-65-62-59-56-53-51-49-47-44-29-27-25-23-20-17-14-11-8-5-2/h7,10,16,19,24-27,30-31,33-34,71H,4-6,8-9,11-15,17-18,20-23,28-29,32,35-70H2,1-3H3/b10-7-,19-16-,26-24-,27-25-,31-30-,34-33-. The lowest BCUT2D eigenvalue weighted by atomic mass is 10.0. The lowest BCUT2D eigenvalue weighted by Gasteiger charge is -2.18. The SMILES string of the molecule is CC/C=C\C/C=C\C/C=C\C/C=C\C/C=C\CCCCCCCCCCCCCCCCCCCC(=O)OCC(COC(=O)CCCCCCCCCCCC)OC(=O)CCCCCCCCCCC/C=C\CCCCCCCC. The molecular weight excluding hydrogens is 985 g/mol. The van der Waals surface area contributed by atoms with Gasteiger partial charge in [-0.15, -0.1) is 0 Å². The van der Waals surface area contributed by atoms with Gasteiger partial charge in [-0.05, 0) is 89.9 Å². The number of rotatable bonds is 64. The molecule has 0 aromatic heterocycles. The van der Waals surface area contributed by atoms with Crippen molar-refractivity contribution in [3.8, 4) is 0 Å². The Balaban J connectivity index is 4.10. The van der Waals surface area contributed by atoms with E-state index < -0.39 is 6.10 Å². The van der Waals surface area contributed by atoms with Crippen LogP contribution >= 0.6 is 0 Å². The second-order valence-electron chi connectivity index (χ2n) is 23.4. The molecule has 6 nitrogen and oxygen atoms in total. The van der Waals surface area contributed by atoms with Crippen molar-refractivity contribution >= 4 is 17.9 Å². The second kappa shape index (κ2) is 68.3. The summed E-state index contributed by atoms with van der Waals surface area (Å²) in [7, 11) is 0. The van der Waals surface area contributed by atoms with Crippen LogP contribution in [-0.2, 0) is 28.6 Å². The van der Waals surface area contributed by atoms with Gasteiger partial charge < -0.3 is 14.2 Å². The lowest BCUT2D eigenvalue weighted by molar-refractivity contribution is -0.167. The number of carbonyl (C=O) groups is 3. The van der Waals surface area contributed by atoms with E-state index in [0.717, 1.165) is 89.9 Å². The van der Waals surface area contributed by atoms with Gasteiger partial charge >= 0.3 is 17.9 Å². The van der Waals surface area contributed by atoms with Gasteiger partial charge in [0.1, 0.15) is 13.2 Å². The zero-order valence-corrected chi connectivity index (χ0v) is 53.3. The summed E-state index contributed by atoms with van der Waals surface area (Å²) < 4.78 is 16.9. The number of carbonyl (C=O) groups excluding carboxylic acids is 3. The summed E-state index contributed by atoms with van der Waals surface area (Å²) in [5, 5.41) is 0. The summed E-state index contributed by atoms with van der Waals surface area (Å²) in [6, 6.07) is 0. The molecule has 0 aliphatic carbocycles. The Kier molecular flexibility index (Phi) is 65.7. The molecule has 0 aromatic rings. The molecule has 0 amide bonds. The van der Waals surface area contributed by atoms with Gasteiger partial charge in [-0.1, -0.05) is 325 Å². The smallest absolute Gasteiger partial charge is 0.306 e. The maximum atomic E-state index is 12.9. The van der Waals surface area contributed by atoms with Crippen LogP contribution in [0.2, 0.25) is 0 Å². The average molecular weight is 1120 g/mol. The van der Waals surface area contributed by atoms with E-state index in [1.54, 1.807) is 0 Å². The molecule has 0 spiro atoms. The molecule has 0 heterocycles. The van der Waals surface area contributed by atoms with E-state index in [4.69, 9.17) is 14.2 Å². The van der Waals surface area contributed by atoms with Crippen LogP contribution < -0.4 is 0 Å². The van der Waals surface area contributed by atoms with E-state index >= 15 is 0 Å². The first-order valence-electron chi connectivity index (χ1n) is 34.9. The van der Waals surface area contributed by atoms with Gasteiger partial charge in [0, 0.05) is 19.3 Å². The van der Waals surface area contributed by atoms with Crippen molar-refractivity contribution in [2.24, 2.45) is 0 Å². The molecule has 0 aliphatic rings. The Morgan fingerprint density at radius 2 is 0.487 bits per heavy atom. The third-order valence-electron chi connectivity index (χ3n) is 15.4. The Morgan fingerprint density at radius 1 is 0.263 bits per heavy atom. The van der Waals surface area contributed by atoms with Gasteiger partial charge in [0.05, 0.1) is 0 Å². The molecular formula is C74H132O6. The Hall–Kier alpha value is -3.15. The van der Waals surface area contributed by atoms with Gasteiger partial charge in [-0.3, -0.25) is 14.4 Å². The highest BCUT2D eigenvalue weighted by atomic mass is 16.6. The molecule has 464 valence electrons. The minimum Gasteiger partial charge on any atom is -0.462 e. The average Bonchev–Trinajstić information content (AvgIpc) is 3.46. The van der Waals surface area contributed by atoms with Crippen LogP contribution in [0, 0.1) is 0 Å². The predicted molar refractivity (Wildman–Crippen MR) is 348 cm³/mol. The summed E-state index contributed by atoms with van der Waals surface area (Å²) in [4.78, 5) is 38.3. The molecule has 0 radical (unpaired) electrons. The van der Waals surface area contributed by atoms with Crippen molar-refractivity contribution in [1.82, 2.24) is 0 Å². The number of unbranched alkanes of at least 4 members (excludes halogenated alkanes) is 41. The van der Waals surface area contributed by atoms with Crippen molar-refractivity contribution in [3.63, 3.8) is 0 Å². The zero-order chi connectivity index (χ0) is 57.8. The Morgan fingerprint density at radius 3 is 0.775 bits per heavy atom. The third kappa shape index (κ3) is 65.7. The first-order chi connectivity index (χ1) is 39.5. The van der Waals surface area contributed by atoms with Crippen LogP contribution in [0.15, 0.2) is 72.9 Å². The lowest BCUT2D eigenvalue weighted by Crippen LogP contribution is -2.30. The molecule has 6 heteroatoms. The molecule has 0 aliphatic heterocycles. The summed E-state index contributed by atoms with van der Waals surface area (Å²) in [6.45, 7) is 6.56. The normalized spacial score (nSPS) is 12.5. The molecule has 1 atom stereocenters. The van der Waals surface area contributed by atoms with E-state index in [2.05, 4.69) is 93.7 Å². The summed E-state index contributed by atoms with van der Waals surface area (Å²) >= 11 is 0. The van der Waals surface area contributed by atoms with E-state index in [1.807, 2.05) is 0 Å². The van der Waals surface area contributed by atoms with Gasteiger partial charge in [0.2, 0.25) is 0 Å². The molecule has 0 N–H and O–H groups in total. The maximum absolute atomic E-state index is 12.9. The topological polar surface area (TPSA) is 78.9 Å².